The highest BCUT2D eigenvalue weighted by molar-refractivity contribution is 5.96. The predicted octanol–water partition coefficient (Wildman–Crippen LogP) is 2.13. The van der Waals surface area contributed by atoms with E-state index >= 15 is 0 Å². The quantitative estimate of drug-likeness (QED) is 0.737. The molecule has 0 bridgehead atoms. The Bertz CT molecular complexity index is 325. The van der Waals surface area contributed by atoms with E-state index in [2.05, 4.69) is 0 Å². The fourth-order valence-corrected chi connectivity index (χ4v) is 1.53. The van der Waals surface area contributed by atoms with E-state index in [4.69, 9.17) is 5.73 Å². The summed E-state index contributed by atoms with van der Waals surface area (Å²) < 4.78 is 0. The molecule has 2 heteroatoms. The first kappa shape index (κ1) is 9.41. The third kappa shape index (κ3) is 2.20. The largest absolute Gasteiger partial charge is 0.326 e. The average Bonchev–Trinajstić information content (AvgIpc) is 3.02. The molecule has 14 heavy (non-hydrogen) atoms. The lowest BCUT2D eigenvalue weighted by Crippen LogP contribution is -2.01. The van der Waals surface area contributed by atoms with Crippen molar-refractivity contribution in [3.8, 4) is 0 Å². The number of Topliss-reactive ketones (excluding diaryl/α,β-unsaturated/α-hetero) is 1. The molecule has 0 aliphatic heterocycles. The number of hydrogen-bond donors (Lipinski definition) is 1. The summed E-state index contributed by atoms with van der Waals surface area (Å²) in [5, 5.41) is 0. The minimum absolute atomic E-state index is 0.274. The summed E-state index contributed by atoms with van der Waals surface area (Å²) in [5.74, 6) is 0.938. The van der Waals surface area contributed by atoms with E-state index in [1.165, 1.54) is 12.8 Å². The Morgan fingerprint density at radius 2 is 1.93 bits per heavy atom. The van der Waals surface area contributed by atoms with Gasteiger partial charge in [0.2, 0.25) is 0 Å². The summed E-state index contributed by atoms with van der Waals surface area (Å²) in [7, 11) is 0. The monoisotopic (exact) mass is 189 g/mol. The molecule has 1 fully saturated rings. The van der Waals surface area contributed by atoms with Crippen LogP contribution in [0.5, 0.6) is 0 Å². The van der Waals surface area contributed by atoms with Crippen molar-refractivity contribution in [3.63, 3.8) is 0 Å². The van der Waals surface area contributed by atoms with Gasteiger partial charge in [-0.2, -0.15) is 0 Å². The van der Waals surface area contributed by atoms with Gasteiger partial charge in [0.1, 0.15) is 0 Å². The third-order valence-electron chi connectivity index (χ3n) is 2.68. The second-order valence-corrected chi connectivity index (χ2v) is 3.97. The minimum atomic E-state index is 0.274. The summed E-state index contributed by atoms with van der Waals surface area (Å²) in [4.78, 5) is 11.7. The van der Waals surface area contributed by atoms with Crippen molar-refractivity contribution in [1.29, 1.82) is 0 Å². The maximum Gasteiger partial charge on any atom is 0.163 e. The predicted molar refractivity (Wildman–Crippen MR) is 56.0 cm³/mol. The Morgan fingerprint density at radius 3 is 2.43 bits per heavy atom. The summed E-state index contributed by atoms with van der Waals surface area (Å²) >= 11 is 0. The molecule has 2 N–H and O–H groups in total. The first-order valence-electron chi connectivity index (χ1n) is 5.12. The zero-order valence-electron chi connectivity index (χ0n) is 8.20. The molecule has 0 spiro atoms. The van der Waals surface area contributed by atoms with E-state index in [9.17, 15) is 4.79 Å². The number of ketones is 1. The van der Waals surface area contributed by atoms with E-state index in [1.54, 1.807) is 0 Å². The van der Waals surface area contributed by atoms with Crippen molar-refractivity contribution in [1.82, 2.24) is 0 Å². The summed E-state index contributed by atoms with van der Waals surface area (Å²) in [6.45, 7) is 0.539. The molecule has 74 valence electrons. The van der Waals surface area contributed by atoms with Crippen LogP contribution in [0.1, 0.15) is 35.2 Å². The van der Waals surface area contributed by atoms with Crippen molar-refractivity contribution < 1.29 is 4.79 Å². The first-order chi connectivity index (χ1) is 6.79. The van der Waals surface area contributed by atoms with E-state index in [-0.39, 0.29) is 5.78 Å². The Kier molecular flexibility index (Phi) is 2.64. The summed E-state index contributed by atoms with van der Waals surface area (Å²) in [6, 6.07) is 7.63. The summed E-state index contributed by atoms with van der Waals surface area (Å²) in [5.41, 5.74) is 7.39. The normalized spacial score (nSPS) is 15.5. The number of hydrogen-bond acceptors (Lipinski definition) is 2. The van der Waals surface area contributed by atoms with Crippen molar-refractivity contribution in [2.45, 2.75) is 25.8 Å². The van der Waals surface area contributed by atoms with Crippen LogP contribution < -0.4 is 5.73 Å². The smallest absolute Gasteiger partial charge is 0.163 e. The lowest BCUT2D eigenvalue weighted by atomic mass is 10.0. The molecular weight excluding hydrogens is 174 g/mol. The van der Waals surface area contributed by atoms with Gasteiger partial charge in [0.05, 0.1) is 0 Å². The van der Waals surface area contributed by atoms with Gasteiger partial charge in [-0.25, -0.2) is 0 Å². The highest BCUT2D eigenvalue weighted by Crippen LogP contribution is 2.33. The summed E-state index contributed by atoms with van der Waals surface area (Å²) in [6.07, 6.45) is 3.18. The Labute approximate surface area is 84.1 Å². The first-order valence-corrected chi connectivity index (χ1v) is 5.12. The second kappa shape index (κ2) is 3.93. The SMILES string of the molecule is NCc1ccc(C(=O)CC2CC2)cc1. The van der Waals surface area contributed by atoms with Gasteiger partial charge in [0.25, 0.3) is 0 Å². The average molecular weight is 189 g/mol. The standard InChI is InChI=1S/C12H15NO/c13-8-10-3-5-11(6-4-10)12(14)7-9-1-2-9/h3-6,9H,1-2,7-8,13H2. The molecule has 1 aliphatic carbocycles. The van der Waals surface area contributed by atoms with Gasteiger partial charge in [-0.15, -0.1) is 0 Å². The molecule has 2 rings (SSSR count). The Hall–Kier alpha value is -1.15. The van der Waals surface area contributed by atoms with Crippen LogP contribution in [-0.2, 0) is 6.54 Å². The zero-order valence-corrected chi connectivity index (χ0v) is 8.20. The molecule has 0 amide bonds. The van der Waals surface area contributed by atoms with Crippen LogP contribution in [0.2, 0.25) is 0 Å². The van der Waals surface area contributed by atoms with E-state index in [1.807, 2.05) is 24.3 Å². The second-order valence-electron chi connectivity index (χ2n) is 3.97. The zero-order chi connectivity index (χ0) is 9.97. The van der Waals surface area contributed by atoms with E-state index < -0.39 is 0 Å². The van der Waals surface area contributed by atoms with Crippen LogP contribution >= 0.6 is 0 Å². The lowest BCUT2D eigenvalue weighted by molar-refractivity contribution is 0.0976. The highest BCUT2D eigenvalue weighted by Gasteiger charge is 2.24. The van der Waals surface area contributed by atoms with Gasteiger partial charge in [-0.1, -0.05) is 24.3 Å². The molecule has 0 radical (unpaired) electrons. The van der Waals surface area contributed by atoms with Crippen LogP contribution in [0.4, 0.5) is 0 Å². The van der Waals surface area contributed by atoms with Gasteiger partial charge in [0, 0.05) is 18.5 Å². The van der Waals surface area contributed by atoms with E-state index in [0.717, 1.165) is 17.5 Å². The molecular formula is C12H15NO. The molecule has 0 heterocycles. The number of benzene rings is 1. The molecule has 0 aromatic heterocycles. The van der Waals surface area contributed by atoms with Gasteiger partial charge in [-0.3, -0.25) is 4.79 Å². The van der Waals surface area contributed by atoms with Crippen LogP contribution in [0.3, 0.4) is 0 Å². The Morgan fingerprint density at radius 1 is 1.29 bits per heavy atom. The molecule has 1 aliphatic rings. The number of carbonyl (C=O) groups excluding carboxylic acids is 1. The fourth-order valence-electron chi connectivity index (χ4n) is 1.53. The maximum absolute atomic E-state index is 11.7. The molecule has 0 atom stereocenters. The van der Waals surface area contributed by atoms with Crippen molar-refractivity contribution >= 4 is 5.78 Å². The van der Waals surface area contributed by atoms with Crippen molar-refractivity contribution in [2.24, 2.45) is 11.7 Å². The minimum Gasteiger partial charge on any atom is -0.326 e. The molecule has 0 saturated heterocycles. The Balaban J connectivity index is 2.03. The van der Waals surface area contributed by atoms with Crippen molar-refractivity contribution in [3.05, 3.63) is 35.4 Å². The van der Waals surface area contributed by atoms with Crippen LogP contribution in [-0.4, -0.2) is 5.78 Å². The van der Waals surface area contributed by atoms with Crippen LogP contribution in [0.15, 0.2) is 24.3 Å². The molecule has 1 aromatic carbocycles. The number of rotatable bonds is 4. The third-order valence-corrected chi connectivity index (χ3v) is 2.68. The van der Waals surface area contributed by atoms with Gasteiger partial charge in [-0.05, 0) is 24.3 Å². The maximum atomic E-state index is 11.7. The molecule has 1 aromatic rings. The molecule has 2 nitrogen and oxygen atoms in total. The van der Waals surface area contributed by atoms with Gasteiger partial charge < -0.3 is 5.73 Å². The number of carbonyl (C=O) groups is 1. The highest BCUT2D eigenvalue weighted by atomic mass is 16.1. The van der Waals surface area contributed by atoms with Crippen molar-refractivity contribution in [2.75, 3.05) is 0 Å². The fraction of sp³-hybridized carbons (Fsp3) is 0.417. The lowest BCUT2D eigenvalue weighted by Gasteiger charge is -2.01. The van der Waals surface area contributed by atoms with Crippen LogP contribution in [0.25, 0.3) is 0 Å². The molecule has 1 saturated carbocycles. The van der Waals surface area contributed by atoms with E-state index in [0.29, 0.717) is 12.5 Å². The van der Waals surface area contributed by atoms with Gasteiger partial charge >= 0.3 is 0 Å². The topological polar surface area (TPSA) is 43.1 Å². The van der Waals surface area contributed by atoms with Gasteiger partial charge in [0.15, 0.2) is 5.78 Å². The van der Waals surface area contributed by atoms with Crippen LogP contribution in [0, 0.1) is 5.92 Å². The molecule has 0 unspecified atom stereocenters. The number of nitrogens with two attached hydrogens (primary N) is 1.